The zero-order chi connectivity index (χ0) is 12.4. The molecule has 17 heavy (non-hydrogen) atoms. The van der Waals surface area contributed by atoms with Crippen LogP contribution in [-0.2, 0) is 11.2 Å². The van der Waals surface area contributed by atoms with Crippen molar-refractivity contribution >= 4 is 5.91 Å². The second-order valence-corrected chi connectivity index (χ2v) is 4.24. The number of likely N-dealkylation sites (tertiary alicyclic amines) is 1. The van der Waals surface area contributed by atoms with Gasteiger partial charge in [0, 0.05) is 13.1 Å². The van der Waals surface area contributed by atoms with Gasteiger partial charge in [0.25, 0.3) is 0 Å². The summed E-state index contributed by atoms with van der Waals surface area (Å²) in [5.74, 6) is -0.513. The zero-order valence-corrected chi connectivity index (χ0v) is 9.21. The molecule has 1 fully saturated rings. The first-order valence-electron chi connectivity index (χ1n) is 5.44. The number of β-amino-alcohol motifs (C(OH)–C–C–N with tert-alkyl or cyclic N) is 2. The van der Waals surface area contributed by atoms with Gasteiger partial charge in [0.2, 0.25) is 5.91 Å². The van der Waals surface area contributed by atoms with Crippen LogP contribution in [0.3, 0.4) is 0 Å². The summed E-state index contributed by atoms with van der Waals surface area (Å²) in [5.41, 5.74) is 0.715. The number of halogens is 1. The van der Waals surface area contributed by atoms with Crippen LogP contribution in [0.5, 0.6) is 0 Å². The van der Waals surface area contributed by atoms with Gasteiger partial charge in [-0.3, -0.25) is 4.79 Å². The number of rotatable bonds is 2. The average Bonchev–Trinajstić information content (AvgIpc) is 2.63. The lowest BCUT2D eigenvalue weighted by Crippen LogP contribution is -2.31. The van der Waals surface area contributed by atoms with Crippen molar-refractivity contribution in [2.45, 2.75) is 18.6 Å². The molecule has 0 bridgehead atoms. The van der Waals surface area contributed by atoms with E-state index in [1.54, 1.807) is 12.1 Å². The van der Waals surface area contributed by atoms with Gasteiger partial charge in [0.15, 0.2) is 0 Å². The van der Waals surface area contributed by atoms with Crippen molar-refractivity contribution in [3.05, 3.63) is 35.6 Å². The van der Waals surface area contributed by atoms with Crippen molar-refractivity contribution in [2.24, 2.45) is 0 Å². The van der Waals surface area contributed by atoms with Gasteiger partial charge in [-0.1, -0.05) is 12.1 Å². The van der Waals surface area contributed by atoms with E-state index >= 15 is 0 Å². The van der Waals surface area contributed by atoms with E-state index in [0.717, 1.165) is 0 Å². The highest BCUT2D eigenvalue weighted by atomic mass is 19.1. The summed E-state index contributed by atoms with van der Waals surface area (Å²) >= 11 is 0. The van der Waals surface area contributed by atoms with Crippen LogP contribution in [-0.4, -0.2) is 46.3 Å². The van der Waals surface area contributed by atoms with Crippen LogP contribution >= 0.6 is 0 Å². The fourth-order valence-corrected chi connectivity index (χ4v) is 1.86. The second kappa shape index (κ2) is 4.81. The van der Waals surface area contributed by atoms with E-state index < -0.39 is 12.2 Å². The van der Waals surface area contributed by atoms with Gasteiger partial charge in [-0.25, -0.2) is 4.39 Å². The third kappa shape index (κ3) is 2.81. The fourth-order valence-electron chi connectivity index (χ4n) is 1.86. The molecule has 1 amide bonds. The van der Waals surface area contributed by atoms with Crippen LogP contribution in [0.1, 0.15) is 5.56 Å². The number of benzene rings is 1. The fraction of sp³-hybridized carbons (Fsp3) is 0.417. The lowest BCUT2D eigenvalue weighted by Gasteiger charge is -2.15. The number of nitrogens with zero attached hydrogens (tertiary/aromatic N) is 1. The van der Waals surface area contributed by atoms with Crippen LogP contribution in [0.25, 0.3) is 0 Å². The molecule has 0 radical (unpaired) electrons. The summed E-state index contributed by atoms with van der Waals surface area (Å²) in [5, 5.41) is 18.7. The Balaban J connectivity index is 1.96. The van der Waals surface area contributed by atoms with Crippen molar-refractivity contribution in [1.82, 2.24) is 4.90 Å². The Kier molecular flexibility index (Phi) is 3.40. The number of aliphatic hydroxyl groups is 2. The smallest absolute Gasteiger partial charge is 0.227 e. The Hall–Kier alpha value is -1.46. The average molecular weight is 239 g/mol. The number of hydrogen-bond donors (Lipinski definition) is 2. The minimum absolute atomic E-state index is 0.152. The summed E-state index contributed by atoms with van der Waals surface area (Å²) in [6, 6.07) is 5.71. The molecule has 0 aromatic heterocycles. The molecule has 0 spiro atoms. The third-order valence-electron chi connectivity index (χ3n) is 2.88. The van der Waals surface area contributed by atoms with Crippen molar-refractivity contribution in [3.8, 4) is 0 Å². The zero-order valence-electron chi connectivity index (χ0n) is 9.21. The second-order valence-electron chi connectivity index (χ2n) is 4.24. The van der Waals surface area contributed by atoms with Crippen molar-refractivity contribution in [2.75, 3.05) is 13.1 Å². The minimum Gasteiger partial charge on any atom is -0.388 e. The molecular formula is C12H14FNO3. The molecular weight excluding hydrogens is 225 g/mol. The van der Waals surface area contributed by atoms with E-state index in [2.05, 4.69) is 0 Å². The van der Waals surface area contributed by atoms with Gasteiger partial charge >= 0.3 is 0 Å². The van der Waals surface area contributed by atoms with Crippen LogP contribution < -0.4 is 0 Å². The van der Waals surface area contributed by atoms with E-state index in [-0.39, 0.29) is 31.2 Å². The van der Waals surface area contributed by atoms with Gasteiger partial charge in [-0.15, -0.1) is 0 Å². The molecule has 0 unspecified atom stereocenters. The quantitative estimate of drug-likeness (QED) is 0.759. The Morgan fingerprint density at radius 1 is 1.24 bits per heavy atom. The lowest BCUT2D eigenvalue weighted by atomic mass is 10.1. The molecule has 0 saturated carbocycles. The number of carbonyl (C=O) groups is 1. The lowest BCUT2D eigenvalue weighted by molar-refractivity contribution is -0.129. The maximum atomic E-state index is 12.7. The predicted molar refractivity (Wildman–Crippen MR) is 58.7 cm³/mol. The number of aliphatic hydroxyl groups excluding tert-OH is 2. The molecule has 1 aliphatic heterocycles. The Morgan fingerprint density at radius 3 is 2.29 bits per heavy atom. The third-order valence-corrected chi connectivity index (χ3v) is 2.88. The highest BCUT2D eigenvalue weighted by Crippen LogP contribution is 2.12. The molecule has 2 N–H and O–H groups in total. The highest BCUT2D eigenvalue weighted by Gasteiger charge is 2.32. The van der Waals surface area contributed by atoms with Crippen LogP contribution in [0.15, 0.2) is 24.3 Å². The Morgan fingerprint density at radius 2 is 1.76 bits per heavy atom. The Labute approximate surface area is 98.3 Å². The first kappa shape index (κ1) is 12.0. The first-order valence-corrected chi connectivity index (χ1v) is 5.44. The van der Waals surface area contributed by atoms with E-state index in [1.807, 2.05) is 0 Å². The predicted octanol–water partition coefficient (Wildman–Crippen LogP) is -0.0678. The van der Waals surface area contributed by atoms with E-state index in [0.29, 0.717) is 5.56 Å². The molecule has 5 heteroatoms. The van der Waals surface area contributed by atoms with Crippen LogP contribution in [0, 0.1) is 5.82 Å². The maximum Gasteiger partial charge on any atom is 0.227 e. The highest BCUT2D eigenvalue weighted by molar-refractivity contribution is 5.79. The monoisotopic (exact) mass is 239 g/mol. The summed E-state index contributed by atoms with van der Waals surface area (Å²) in [6.07, 6.45) is -1.58. The molecule has 1 aromatic carbocycles. The van der Waals surface area contributed by atoms with Gasteiger partial charge in [-0.2, -0.15) is 0 Å². The molecule has 2 atom stereocenters. The van der Waals surface area contributed by atoms with Crippen molar-refractivity contribution in [3.63, 3.8) is 0 Å². The maximum absolute atomic E-state index is 12.7. The Bertz CT molecular complexity index is 397. The summed E-state index contributed by atoms with van der Waals surface area (Å²) < 4.78 is 12.7. The number of amides is 1. The molecule has 92 valence electrons. The largest absolute Gasteiger partial charge is 0.388 e. The normalized spacial score (nSPS) is 24.1. The van der Waals surface area contributed by atoms with Gasteiger partial charge in [0.1, 0.15) is 5.82 Å². The van der Waals surface area contributed by atoms with Crippen LogP contribution in [0.2, 0.25) is 0 Å². The summed E-state index contributed by atoms with van der Waals surface area (Å²) in [4.78, 5) is 13.2. The van der Waals surface area contributed by atoms with E-state index in [1.165, 1.54) is 17.0 Å². The molecule has 0 aliphatic carbocycles. The molecule has 1 aliphatic rings. The van der Waals surface area contributed by atoms with E-state index in [4.69, 9.17) is 0 Å². The minimum atomic E-state index is -0.868. The standard InChI is InChI=1S/C12H14FNO3/c13-9-3-1-8(2-4-9)5-12(17)14-6-10(15)11(16)7-14/h1-4,10-11,15-16H,5-7H2/t10-,11+. The van der Waals surface area contributed by atoms with Crippen molar-refractivity contribution in [1.29, 1.82) is 0 Å². The number of hydrogen-bond acceptors (Lipinski definition) is 3. The van der Waals surface area contributed by atoms with Gasteiger partial charge in [0.05, 0.1) is 18.6 Å². The first-order chi connectivity index (χ1) is 8.06. The number of carbonyl (C=O) groups excluding carboxylic acids is 1. The van der Waals surface area contributed by atoms with Crippen LogP contribution in [0.4, 0.5) is 4.39 Å². The molecule has 1 aromatic rings. The summed E-state index contributed by atoms with van der Waals surface area (Å²) in [7, 11) is 0. The molecule has 4 nitrogen and oxygen atoms in total. The molecule has 2 rings (SSSR count). The summed E-state index contributed by atoms with van der Waals surface area (Å²) in [6.45, 7) is 0.308. The van der Waals surface area contributed by atoms with E-state index in [9.17, 15) is 19.4 Å². The van der Waals surface area contributed by atoms with Gasteiger partial charge < -0.3 is 15.1 Å². The SMILES string of the molecule is O=C(Cc1ccc(F)cc1)N1C[C@@H](O)[C@@H](O)C1. The van der Waals surface area contributed by atoms with Gasteiger partial charge in [-0.05, 0) is 17.7 Å². The van der Waals surface area contributed by atoms with Crippen molar-refractivity contribution < 1.29 is 19.4 Å². The molecule has 1 heterocycles. The molecule has 1 saturated heterocycles. The topological polar surface area (TPSA) is 60.8 Å².